The molecule has 3 rings (SSSR count). The maximum Gasteiger partial charge on any atom is 0.346 e. The molecule has 0 amide bonds. The van der Waals surface area contributed by atoms with Crippen molar-refractivity contribution in [2.75, 3.05) is 14.2 Å². The standard InChI is InChI=1S/C25H24O5/c1-16-8-12-18(13-9-16)23(26)24(19-14-10-17(2)11-15-19)30-25(27)22-20(28-3)6-5-7-21(22)29-4/h5-15,24H,1-4H3. The van der Waals surface area contributed by atoms with E-state index in [1.807, 2.05) is 38.1 Å². The molecule has 0 aliphatic heterocycles. The summed E-state index contributed by atoms with van der Waals surface area (Å²) in [6.07, 6.45) is -1.10. The Kier molecular flexibility index (Phi) is 6.52. The van der Waals surface area contributed by atoms with Crippen molar-refractivity contribution in [3.63, 3.8) is 0 Å². The van der Waals surface area contributed by atoms with Gasteiger partial charge in [0.2, 0.25) is 5.78 Å². The van der Waals surface area contributed by atoms with Crippen LogP contribution in [0, 0.1) is 13.8 Å². The molecule has 0 aromatic heterocycles. The first kappa shape index (κ1) is 21.1. The number of hydrogen-bond acceptors (Lipinski definition) is 5. The first-order valence-corrected chi connectivity index (χ1v) is 9.54. The second-order valence-electron chi connectivity index (χ2n) is 6.96. The average molecular weight is 404 g/mol. The Hall–Kier alpha value is -3.60. The van der Waals surface area contributed by atoms with Gasteiger partial charge in [-0.1, -0.05) is 65.7 Å². The molecule has 0 aliphatic carbocycles. The van der Waals surface area contributed by atoms with E-state index in [4.69, 9.17) is 14.2 Å². The van der Waals surface area contributed by atoms with Gasteiger partial charge in [0.15, 0.2) is 6.10 Å². The molecule has 0 saturated carbocycles. The molecule has 0 bridgehead atoms. The molecule has 5 nitrogen and oxygen atoms in total. The number of benzene rings is 3. The number of Topliss-reactive ketones (excluding diaryl/α,β-unsaturated/α-hetero) is 1. The minimum absolute atomic E-state index is 0.135. The van der Waals surface area contributed by atoms with Crippen LogP contribution in [0.5, 0.6) is 11.5 Å². The number of aryl methyl sites for hydroxylation is 2. The fourth-order valence-electron chi connectivity index (χ4n) is 3.10. The molecule has 0 radical (unpaired) electrons. The van der Waals surface area contributed by atoms with Crippen LogP contribution in [0.2, 0.25) is 0 Å². The summed E-state index contributed by atoms with van der Waals surface area (Å²) >= 11 is 0. The van der Waals surface area contributed by atoms with Crippen LogP contribution in [-0.2, 0) is 4.74 Å². The Morgan fingerprint density at radius 2 is 1.23 bits per heavy atom. The molecule has 1 unspecified atom stereocenters. The zero-order chi connectivity index (χ0) is 21.7. The number of carbonyl (C=O) groups excluding carboxylic acids is 2. The quantitative estimate of drug-likeness (QED) is 0.405. The van der Waals surface area contributed by atoms with Crippen molar-refractivity contribution in [1.29, 1.82) is 0 Å². The van der Waals surface area contributed by atoms with Crippen LogP contribution in [0.25, 0.3) is 0 Å². The van der Waals surface area contributed by atoms with Gasteiger partial charge in [0.05, 0.1) is 14.2 Å². The van der Waals surface area contributed by atoms with E-state index in [1.54, 1.807) is 42.5 Å². The first-order valence-electron chi connectivity index (χ1n) is 9.54. The van der Waals surface area contributed by atoms with E-state index < -0.39 is 12.1 Å². The predicted molar refractivity (Wildman–Crippen MR) is 114 cm³/mol. The number of hydrogen-bond donors (Lipinski definition) is 0. The molecule has 1 atom stereocenters. The Morgan fingerprint density at radius 1 is 0.733 bits per heavy atom. The van der Waals surface area contributed by atoms with Crippen molar-refractivity contribution >= 4 is 11.8 Å². The van der Waals surface area contributed by atoms with Gasteiger partial charge in [-0.3, -0.25) is 4.79 Å². The molecular weight excluding hydrogens is 380 g/mol. The maximum atomic E-state index is 13.3. The van der Waals surface area contributed by atoms with Crippen LogP contribution in [-0.4, -0.2) is 26.0 Å². The highest BCUT2D eigenvalue weighted by Crippen LogP contribution is 2.32. The summed E-state index contributed by atoms with van der Waals surface area (Å²) in [5, 5.41) is 0. The summed E-state index contributed by atoms with van der Waals surface area (Å²) in [5.74, 6) is -0.383. The molecule has 0 aliphatic rings. The predicted octanol–water partition coefficient (Wildman–Crippen LogP) is 5.10. The third-order valence-corrected chi connectivity index (χ3v) is 4.81. The second kappa shape index (κ2) is 9.27. The molecular formula is C25H24O5. The largest absolute Gasteiger partial charge is 0.496 e. The molecule has 30 heavy (non-hydrogen) atoms. The topological polar surface area (TPSA) is 61.8 Å². The summed E-state index contributed by atoms with van der Waals surface area (Å²) in [6.45, 7) is 3.89. The van der Waals surface area contributed by atoms with Crippen molar-refractivity contribution in [3.05, 3.63) is 94.5 Å². The van der Waals surface area contributed by atoms with E-state index in [9.17, 15) is 9.59 Å². The minimum Gasteiger partial charge on any atom is -0.496 e. The van der Waals surface area contributed by atoms with Crippen molar-refractivity contribution < 1.29 is 23.8 Å². The van der Waals surface area contributed by atoms with E-state index in [0.717, 1.165) is 11.1 Å². The van der Waals surface area contributed by atoms with Gasteiger partial charge in [-0.05, 0) is 26.0 Å². The molecule has 0 spiro atoms. The maximum absolute atomic E-state index is 13.3. The lowest BCUT2D eigenvalue weighted by molar-refractivity contribution is 0.0274. The summed E-state index contributed by atoms with van der Waals surface area (Å²) in [7, 11) is 2.92. The fourth-order valence-corrected chi connectivity index (χ4v) is 3.10. The smallest absolute Gasteiger partial charge is 0.346 e. The molecule has 0 heterocycles. The number of ketones is 1. The van der Waals surface area contributed by atoms with Gasteiger partial charge in [0, 0.05) is 11.1 Å². The summed E-state index contributed by atoms with van der Waals surface area (Å²) in [6, 6.07) is 19.5. The van der Waals surface area contributed by atoms with Gasteiger partial charge in [-0.2, -0.15) is 0 Å². The number of esters is 1. The summed E-state index contributed by atoms with van der Waals surface area (Å²) < 4.78 is 16.4. The van der Waals surface area contributed by atoms with E-state index in [-0.39, 0.29) is 11.3 Å². The van der Waals surface area contributed by atoms with Crippen molar-refractivity contribution in [2.45, 2.75) is 20.0 Å². The molecule has 3 aromatic rings. The van der Waals surface area contributed by atoms with Crippen LogP contribution in [0.3, 0.4) is 0 Å². The van der Waals surface area contributed by atoms with Crippen LogP contribution in [0.15, 0.2) is 66.7 Å². The Morgan fingerprint density at radius 3 is 1.73 bits per heavy atom. The van der Waals surface area contributed by atoms with E-state index in [0.29, 0.717) is 22.6 Å². The first-order chi connectivity index (χ1) is 14.4. The van der Waals surface area contributed by atoms with Gasteiger partial charge >= 0.3 is 5.97 Å². The van der Waals surface area contributed by atoms with Gasteiger partial charge in [0.25, 0.3) is 0 Å². The average Bonchev–Trinajstić information content (AvgIpc) is 2.77. The lowest BCUT2D eigenvalue weighted by Crippen LogP contribution is -2.21. The highest BCUT2D eigenvalue weighted by atomic mass is 16.6. The van der Waals surface area contributed by atoms with Crippen LogP contribution < -0.4 is 9.47 Å². The molecule has 0 N–H and O–H groups in total. The highest BCUT2D eigenvalue weighted by Gasteiger charge is 2.29. The number of carbonyl (C=O) groups is 2. The van der Waals surface area contributed by atoms with Crippen LogP contribution in [0.1, 0.15) is 43.5 Å². The van der Waals surface area contributed by atoms with E-state index in [1.165, 1.54) is 14.2 Å². The SMILES string of the molecule is COc1cccc(OC)c1C(=O)OC(C(=O)c1ccc(C)cc1)c1ccc(C)cc1. The Bertz CT molecular complexity index is 1010. The summed E-state index contributed by atoms with van der Waals surface area (Å²) in [5.41, 5.74) is 3.27. The van der Waals surface area contributed by atoms with Crippen molar-refractivity contribution in [1.82, 2.24) is 0 Å². The van der Waals surface area contributed by atoms with Crippen molar-refractivity contribution in [2.24, 2.45) is 0 Å². The van der Waals surface area contributed by atoms with E-state index in [2.05, 4.69) is 0 Å². The lowest BCUT2D eigenvalue weighted by atomic mass is 9.98. The van der Waals surface area contributed by atoms with Crippen molar-refractivity contribution in [3.8, 4) is 11.5 Å². The second-order valence-corrected chi connectivity index (χ2v) is 6.96. The highest BCUT2D eigenvalue weighted by molar-refractivity contribution is 6.03. The molecule has 154 valence electrons. The molecule has 5 heteroatoms. The van der Waals surface area contributed by atoms with Gasteiger partial charge in [0.1, 0.15) is 17.1 Å². The fraction of sp³-hybridized carbons (Fsp3) is 0.200. The van der Waals surface area contributed by atoms with Gasteiger partial charge < -0.3 is 14.2 Å². The Balaban J connectivity index is 2.01. The number of rotatable bonds is 7. The lowest BCUT2D eigenvalue weighted by Gasteiger charge is -2.19. The van der Waals surface area contributed by atoms with Gasteiger partial charge in [-0.25, -0.2) is 4.79 Å². The molecule has 0 saturated heterocycles. The normalized spacial score (nSPS) is 11.5. The summed E-state index contributed by atoms with van der Waals surface area (Å²) in [4.78, 5) is 26.4. The minimum atomic E-state index is -1.10. The number of methoxy groups -OCH3 is 2. The third-order valence-electron chi connectivity index (χ3n) is 4.81. The zero-order valence-corrected chi connectivity index (χ0v) is 17.5. The van der Waals surface area contributed by atoms with Crippen LogP contribution >= 0.6 is 0 Å². The van der Waals surface area contributed by atoms with E-state index >= 15 is 0 Å². The zero-order valence-electron chi connectivity index (χ0n) is 17.5. The number of ether oxygens (including phenoxy) is 3. The van der Waals surface area contributed by atoms with Crippen LogP contribution in [0.4, 0.5) is 0 Å². The Labute approximate surface area is 176 Å². The molecule has 3 aromatic carbocycles. The molecule has 0 fully saturated rings. The monoisotopic (exact) mass is 404 g/mol. The third kappa shape index (κ3) is 4.51. The van der Waals surface area contributed by atoms with Gasteiger partial charge in [-0.15, -0.1) is 0 Å².